The molecule has 1 rings (SSSR count). The molecule has 0 N–H and O–H groups in total. The number of nitrogens with zero attached hydrogens (tertiary/aromatic N) is 1. The Bertz CT molecular complexity index is 514. The molecule has 0 aliphatic carbocycles. The van der Waals surface area contributed by atoms with Crippen molar-refractivity contribution in [2.24, 2.45) is 0 Å². The third-order valence-electron chi connectivity index (χ3n) is 1.93. The molecule has 96 valence electrons. The van der Waals surface area contributed by atoms with E-state index in [-0.39, 0.29) is 22.3 Å². The fraction of sp³-hybridized carbons (Fsp3) is 0.182. The van der Waals surface area contributed by atoms with Gasteiger partial charge in [-0.25, -0.2) is 4.79 Å². The van der Waals surface area contributed by atoms with Gasteiger partial charge in [0.15, 0.2) is 0 Å². The number of ether oxygens (including phenoxy) is 1. The maximum absolute atomic E-state index is 11.1. The summed E-state index contributed by atoms with van der Waals surface area (Å²) in [4.78, 5) is 21.2. The first-order valence-electron chi connectivity index (χ1n) is 4.94. The number of benzene rings is 1. The van der Waals surface area contributed by atoms with E-state index >= 15 is 0 Å². The first kappa shape index (κ1) is 14.5. The average Bonchev–Trinajstić information content (AvgIpc) is 2.30. The molecule has 0 unspecified atom stereocenters. The van der Waals surface area contributed by atoms with Crippen molar-refractivity contribution in [3.05, 3.63) is 43.9 Å². The van der Waals surface area contributed by atoms with E-state index < -0.39 is 10.9 Å². The predicted molar refractivity (Wildman–Crippen MR) is 68.8 cm³/mol. The predicted octanol–water partition coefficient (Wildman–Crippen LogP) is 3.48. The first-order chi connectivity index (χ1) is 8.45. The van der Waals surface area contributed by atoms with Crippen LogP contribution in [0.5, 0.6) is 0 Å². The molecule has 0 saturated carbocycles. The summed E-state index contributed by atoms with van der Waals surface area (Å²) in [6, 6.07) is 2.65. The molecule has 0 amide bonds. The van der Waals surface area contributed by atoms with Crippen LogP contribution in [-0.2, 0) is 9.53 Å². The highest BCUT2D eigenvalue weighted by molar-refractivity contribution is 6.43. The van der Waals surface area contributed by atoms with Gasteiger partial charge in [-0.2, -0.15) is 0 Å². The molecule has 0 aliphatic heterocycles. The minimum Gasteiger partial charge on any atom is -0.463 e. The van der Waals surface area contributed by atoms with E-state index in [0.717, 1.165) is 6.08 Å². The summed E-state index contributed by atoms with van der Waals surface area (Å²) < 4.78 is 4.68. The SMILES string of the molecule is CCOC(=O)/C=C/c1cc(Cl)c(Cl)c([N+](=O)[O-])c1. The second-order valence-electron chi connectivity index (χ2n) is 3.18. The van der Waals surface area contributed by atoms with Crippen LogP contribution in [0.15, 0.2) is 18.2 Å². The van der Waals surface area contributed by atoms with Crippen LogP contribution >= 0.6 is 23.2 Å². The van der Waals surface area contributed by atoms with Crippen LogP contribution in [0.3, 0.4) is 0 Å². The van der Waals surface area contributed by atoms with Crippen molar-refractivity contribution in [1.29, 1.82) is 0 Å². The van der Waals surface area contributed by atoms with Crippen molar-refractivity contribution in [2.45, 2.75) is 6.92 Å². The lowest BCUT2D eigenvalue weighted by molar-refractivity contribution is -0.384. The number of carbonyl (C=O) groups excluding carboxylic acids is 1. The lowest BCUT2D eigenvalue weighted by Crippen LogP contribution is -1.98. The molecule has 0 bridgehead atoms. The summed E-state index contributed by atoms with van der Waals surface area (Å²) in [7, 11) is 0. The van der Waals surface area contributed by atoms with E-state index in [2.05, 4.69) is 4.74 Å². The number of nitro groups is 1. The Morgan fingerprint density at radius 1 is 1.50 bits per heavy atom. The Morgan fingerprint density at radius 3 is 2.72 bits per heavy atom. The highest BCUT2D eigenvalue weighted by atomic mass is 35.5. The van der Waals surface area contributed by atoms with Gasteiger partial charge in [-0.1, -0.05) is 23.2 Å². The van der Waals surface area contributed by atoms with Gasteiger partial charge < -0.3 is 4.74 Å². The Labute approximate surface area is 113 Å². The maximum atomic E-state index is 11.1. The lowest BCUT2D eigenvalue weighted by Gasteiger charge is -2.00. The molecule has 0 fully saturated rings. The fourth-order valence-corrected chi connectivity index (χ4v) is 1.58. The third-order valence-corrected chi connectivity index (χ3v) is 2.72. The van der Waals surface area contributed by atoms with Gasteiger partial charge in [0.25, 0.3) is 5.69 Å². The van der Waals surface area contributed by atoms with Gasteiger partial charge in [0.2, 0.25) is 0 Å². The summed E-state index contributed by atoms with van der Waals surface area (Å²) >= 11 is 11.4. The lowest BCUT2D eigenvalue weighted by atomic mass is 10.2. The first-order valence-corrected chi connectivity index (χ1v) is 5.69. The molecule has 1 aromatic carbocycles. The van der Waals surface area contributed by atoms with Crippen molar-refractivity contribution < 1.29 is 14.5 Å². The molecule has 0 aromatic heterocycles. The quantitative estimate of drug-likeness (QED) is 0.368. The van der Waals surface area contributed by atoms with E-state index in [1.165, 1.54) is 18.2 Å². The highest BCUT2D eigenvalue weighted by Gasteiger charge is 2.16. The van der Waals surface area contributed by atoms with Gasteiger partial charge in [0, 0.05) is 12.1 Å². The van der Waals surface area contributed by atoms with Gasteiger partial charge >= 0.3 is 5.97 Å². The number of rotatable bonds is 4. The fourth-order valence-electron chi connectivity index (χ4n) is 1.18. The average molecular weight is 290 g/mol. The number of esters is 1. The second kappa shape index (κ2) is 6.37. The standard InChI is InChI=1S/C11H9Cl2NO4/c1-2-18-10(15)4-3-7-5-8(12)11(13)9(6-7)14(16)17/h3-6H,2H2,1H3/b4-3+. The van der Waals surface area contributed by atoms with Gasteiger partial charge in [-0.05, 0) is 24.6 Å². The third kappa shape index (κ3) is 3.72. The van der Waals surface area contributed by atoms with Crippen molar-refractivity contribution in [2.75, 3.05) is 6.61 Å². The molecular weight excluding hydrogens is 281 g/mol. The molecular formula is C11H9Cl2NO4. The van der Waals surface area contributed by atoms with E-state index in [0.29, 0.717) is 5.56 Å². The Morgan fingerprint density at radius 2 is 2.17 bits per heavy atom. The monoisotopic (exact) mass is 289 g/mol. The van der Waals surface area contributed by atoms with Crippen LogP contribution < -0.4 is 0 Å². The van der Waals surface area contributed by atoms with Crippen LogP contribution in [0.25, 0.3) is 6.08 Å². The molecule has 0 saturated heterocycles. The van der Waals surface area contributed by atoms with Gasteiger partial charge in [0.1, 0.15) is 5.02 Å². The number of hydrogen-bond donors (Lipinski definition) is 0. The van der Waals surface area contributed by atoms with Crippen LogP contribution in [0, 0.1) is 10.1 Å². The molecule has 0 atom stereocenters. The van der Waals surface area contributed by atoms with Crippen LogP contribution in [0.4, 0.5) is 5.69 Å². The zero-order chi connectivity index (χ0) is 13.7. The molecule has 5 nitrogen and oxygen atoms in total. The smallest absolute Gasteiger partial charge is 0.330 e. The normalized spacial score (nSPS) is 10.6. The maximum Gasteiger partial charge on any atom is 0.330 e. The molecule has 0 radical (unpaired) electrons. The summed E-state index contributed by atoms with van der Waals surface area (Å²) in [5.74, 6) is -0.536. The van der Waals surface area contributed by atoms with Crippen molar-refractivity contribution >= 4 is 40.9 Å². The molecule has 0 heterocycles. The van der Waals surface area contributed by atoms with Gasteiger partial charge in [0.05, 0.1) is 16.6 Å². The summed E-state index contributed by atoms with van der Waals surface area (Å²) in [5.41, 5.74) is 0.0804. The number of nitro benzene ring substituents is 1. The van der Waals surface area contributed by atoms with Gasteiger partial charge in [-0.3, -0.25) is 10.1 Å². The van der Waals surface area contributed by atoms with Crippen LogP contribution in [-0.4, -0.2) is 17.5 Å². The zero-order valence-electron chi connectivity index (χ0n) is 9.35. The van der Waals surface area contributed by atoms with E-state index in [1.54, 1.807) is 6.92 Å². The largest absolute Gasteiger partial charge is 0.463 e. The Balaban J connectivity index is 3.04. The molecule has 0 spiro atoms. The van der Waals surface area contributed by atoms with Crippen molar-refractivity contribution in [3.63, 3.8) is 0 Å². The summed E-state index contributed by atoms with van der Waals surface area (Å²) in [5, 5.41) is 10.6. The summed E-state index contributed by atoms with van der Waals surface area (Å²) in [6.07, 6.45) is 2.53. The minimum absolute atomic E-state index is 0.0503. The molecule has 18 heavy (non-hydrogen) atoms. The zero-order valence-corrected chi connectivity index (χ0v) is 10.9. The van der Waals surface area contributed by atoms with E-state index in [9.17, 15) is 14.9 Å². The topological polar surface area (TPSA) is 69.4 Å². The number of carbonyl (C=O) groups is 1. The van der Waals surface area contributed by atoms with Crippen LogP contribution in [0.1, 0.15) is 12.5 Å². The molecule has 7 heteroatoms. The molecule has 1 aromatic rings. The number of halogens is 2. The highest BCUT2D eigenvalue weighted by Crippen LogP contribution is 2.33. The summed E-state index contributed by atoms with van der Waals surface area (Å²) in [6.45, 7) is 1.93. The minimum atomic E-state index is -0.643. The Hall–Kier alpha value is -1.59. The van der Waals surface area contributed by atoms with Crippen LogP contribution in [0.2, 0.25) is 10.0 Å². The second-order valence-corrected chi connectivity index (χ2v) is 3.96. The van der Waals surface area contributed by atoms with E-state index in [4.69, 9.17) is 23.2 Å². The van der Waals surface area contributed by atoms with E-state index in [1.807, 2.05) is 0 Å². The Kier molecular flexibility index (Phi) is 5.12. The number of hydrogen-bond acceptors (Lipinski definition) is 4. The van der Waals surface area contributed by atoms with Crippen molar-refractivity contribution in [1.82, 2.24) is 0 Å². The van der Waals surface area contributed by atoms with Crippen molar-refractivity contribution in [3.8, 4) is 0 Å². The van der Waals surface area contributed by atoms with Gasteiger partial charge in [-0.15, -0.1) is 0 Å². The molecule has 0 aliphatic rings.